The minimum atomic E-state index is -0.775. The molecule has 0 aliphatic heterocycles. The van der Waals surface area contributed by atoms with E-state index in [1.54, 1.807) is 12.3 Å². The highest BCUT2D eigenvalue weighted by Crippen LogP contribution is 2.28. The number of pyridine rings is 1. The van der Waals surface area contributed by atoms with Gasteiger partial charge in [-0.2, -0.15) is 0 Å². The third-order valence-corrected chi connectivity index (χ3v) is 2.80. The molecule has 0 aliphatic carbocycles. The van der Waals surface area contributed by atoms with Crippen LogP contribution in [-0.4, -0.2) is 10.1 Å². The van der Waals surface area contributed by atoms with E-state index in [9.17, 15) is 5.11 Å². The molecule has 15 heavy (non-hydrogen) atoms. The second-order valence-electron chi connectivity index (χ2n) is 3.27. The number of aryl methyl sites for hydroxylation is 1. The minimum absolute atomic E-state index is 0.501. The Morgan fingerprint density at radius 2 is 2.20 bits per heavy atom. The van der Waals surface area contributed by atoms with E-state index in [-0.39, 0.29) is 0 Å². The van der Waals surface area contributed by atoms with Crippen LogP contribution in [0.3, 0.4) is 0 Å². The van der Waals surface area contributed by atoms with Crippen molar-refractivity contribution in [2.24, 2.45) is 0 Å². The molecule has 0 spiro atoms. The van der Waals surface area contributed by atoms with Crippen LogP contribution in [0.5, 0.6) is 0 Å². The van der Waals surface area contributed by atoms with E-state index in [4.69, 9.17) is 4.42 Å². The molecule has 1 atom stereocenters. The number of halogens is 1. The SMILES string of the molecule is Cc1ccc(C(O)c2occc2Br)cn1. The molecule has 3 nitrogen and oxygen atoms in total. The van der Waals surface area contributed by atoms with Gasteiger partial charge in [0.15, 0.2) is 5.76 Å². The maximum atomic E-state index is 9.99. The Kier molecular flexibility index (Phi) is 2.88. The topological polar surface area (TPSA) is 46.3 Å². The van der Waals surface area contributed by atoms with Crippen molar-refractivity contribution in [1.29, 1.82) is 0 Å². The van der Waals surface area contributed by atoms with Gasteiger partial charge in [-0.1, -0.05) is 6.07 Å². The van der Waals surface area contributed by atoms with Gasteiger partial charge in [-0.25, -0.2) is 0 Å². The summed E-state index contributed by atoms with van der Waals surface area (Å²) in [6.07, 6.45) is 2.40. The molecule has 2 rings (SSSR count). The van der Waals surface area contributed by atoms with E-state index in [0.717, 1.165) is 15.7 Å². The molecule has 2 aromatic rings. The lowest BCUT2D eigenvalue weighted by atomic mass is 10.1. The largest absolute Gasteiger partial charge is 0.465 e. The van der Waals surface area contributed by atoms with Crippen molar-refractivity contribution >= 4 is 15.9 Å². The molecule has 4 heteroatoms. The molecule has 0 fully saturated rings. The summed E-state index contributed by atoms with van der Waals surface area (Å²) in [6.45, 7) is 1.90. The Hall–Kier alpha value is -1.13. The van der Waals surface area contributed by atoms with Gasteiger partial charge in [0.25, 0.3) is 0 Å². The average Bonchev–Trinajstić information content (AvgIpc) is 2.65. The van der Waals surface area contributed by atoms with Gasteiger partial charge in [0, 0.05) is 17.5 Å². The Bertz CT molecular complexity index is 450. The Balaban J connectivity index is 2.32. The monoisotopic (exact) mass is 267 g/mol. The van der Waals surface area contributed by atoms with Crippen LogP contribution in [0.15, 0.2) is 39.5 Å². The van der Waals surface area contributed by atoms with Gasteiger partial charge in [-0.05, 0) is 35.0 Å². The Morgan fingerprint density at radius 1 is 1.40 bits per heavy atom. The predicted molar refractivity (Wildman–Crippen MR) is 59.4 cm³/mol. The highest BCUT2D eigenvalue weighted by atomic mass is 79.9. The fourth-order valence-electron chi connectivity index (χ4n) is 1.29. The van der Waals surface area contributed by atoms with Crippen LogP contribution in [0.2, 0.25) is 0 Å². The fraction of sp³-hybridized carbons (Fsp3) is 0.182. The Morgan fingerprint density at radius 3 is 2.73 bits per heavy atom. The van der Waals surface area contributed by atoms with Gasteiger partial charge in [-0.3, -0.25) is 4.98 Å². The maximum Gasteiger partial charge on any atom is 0.151 e. The number of rotatable bonds is 2. The van der Waals surface area contributed by atoms with Gasteiger partial charge in [0.1, 0.15) is 6.10 Å². The van der Waals surface area contributed by atoms with Crippen molar-refractivity contribution in [3.8, 4) is 0 Å². The zero-order valence-electron chi connectivity index (χ0n) is 8.14. The molecule has 1 unspecified atom stereocenters. The van der Waals surface area contributed by atoms with Crippen molar-refractivity contribution in [2.45, 2.75) is 13.0 Å². The first kappa shape index (κ1) is 10.4. The van der Waals surface area contributed by atoms with Crippen LogP contribution in [0.1, 0.15) is 23.1 Å². The molecular formula is C11H10BrNO2. The first-order valence-corrected chi connectivity index (χ1v) is 5.31. The van der Waals surface area contributed by atoms with Crippen molar-refractivity contribution in [1.82, 2.24) is 4.98 Å². The van der Waals surface area contributed by atoms with Gasteiger partial charge in [0.05, 0.1) is 10.7 Å². The maximum absolute atomic E-state index is 9.99. The minimum Gasteiger partial charge on any atom is -0.465 e. The second-order valence-corrected chi connectivity index (χ2v) is 4.12. The third kappa shape index (κ3) is 2.11. The molecule has 0 aliphatic rings. The van der Waals surface area contributed by atoms with Gasteiger partial charge < -0.3 is 9.52 Å². The molecule has 78 valence electrons. The molecule has 0 amide bonds. The molecule has 2 heterocycles. The number of nitrogens with zero attached hydrogens (tertiary/aromatic N) is 1. The van der Waals surface area contributed by atoms with Crippen molar-refractivity contribution in [3.05, 3.63) is 52.1 Å². The van der Waals surface area contributed by atoms with Crippen LogP contribution in [0.4, 0.5) is 0 Å². The number of furan rings is 1. The normalized spacial score (nSPS) is 12.7. The molecule has 0 aromatic carbocycles. The van der Waals surface area contributed by atoms with Gasteiger partial charge in [0.2, 0.25) is 0 Å². The number of aliphatic hydroxyl groups is 1. The number of hydrogen-bond acceptors (Lipinski definition) is 3. The number of aliphatic hydroxyl groups excluding tert-OH is 1. The summed E-state index contributed by atoms with van der Waals surface area (Å²) < 4.78 is 5.95. The van der Waals surface area contributed by atoms with E-state index in [0.29, 0.717) is 5.76 Å². The number of aromatic nitrogens is 1. The van der Waals surface area contributed by atoms with Crippen molar-refractivity contribution in [3.63, 3.8) is 0 Å². The van der Waals surface area contributed by atoms with E-state index in [1.807, 2.05) is 19.1 Å². The van der Waals surface area contributed by atoms with Crippen LogP contribution < -0.4 is 0 Å². The number of hydrogen-bond donors (Lipinski definition) is 1. The van der Waals surface area contributed by atoms with Crippen LogP contribution in [0, 0.1) is 6.92 Å². The first-order valence-electron chi connectivity index (χ1n) is 4.52. The van der Waals surface area contributed by atoms with Crippen LogP contribution >= 0.6 is 15.9 Å². The van der Waals surface area contributed by atoms with Crippen molar-refractivity contribution < 1.29 is 9.52 Å². The molecule has 2 aromatic heterocycles. The lowest BCUT2D eigenvalue weighted by Gasteiger charge is -2.08. The predicted octanol–water partition coefficient (Wildman–Crippen LogP) is 2.83. The zero-order chi connectivity index (χ0) is 10.8. The first-order chi connectivity index (χ1) is 7.18. The fourth-order valence-corrected chi connectivity index (χ4v) is 1.71. The van der Waals surface area contributed by atoms with E-state index >= 15 is 0 Å². The van der Waals surface area contributed by atoms with Gasteiger partial charge in [-0.15, -0.1) is 0 Å². The average molecular weight is 268 g/mol. The molecular weight excluding hydrogens is 258 g/mol. The van der Waals surface area contributed by atoms with E-state index in [1.165, 1.54) is 6.26 Å². The summed E-state index contributed by atoms with van der Waals surface area (Å²) in [6, 6.07) is 5.44. The zero-order valence-corrected chi connectivity index (χ0v) is 9.73. The standard InChI is InChI=1S/C11H10BrNO2/c1-7-2-3-8(6-13-7)10(14)11-9(12)4-5-15-11/h2-6,10,14H,1H3. The summed E-state index contributed by atoms with van der Waals surface area (Å²) in [5.41, 5.74) is 1.64. The van der Waals surface area contributed by atoms with E-state index < -0.39 is 6.10 Å². The van der Waals surface area contributed by atoms with E-state index in [2.05, 4.69) is 20.9 Å². The molecule has 0 bridgehead atoms. The molecule has 1 N–H and O–H groups in total. The van der Waals surface area contributed by atoms with Crippen LogP contribution in [0.25, 0.3) is 0 Å². The summed E-state index contributed by atoms with van der Waals surface area (Å²) in [5, 5.41) is 9.99. The summed E-state index contributed by atoms with van der Waals surface area (Å²) in [7, 11) is 0. The quantitative estimate of drug-likeness (QED) is 0.910. The smallest absolute Gasteiger partial charge is 0.151 e. The van der Waals surface area contributed by atoms with Gasteiger partial charge >= 0.3 is 0 Å². The summed E-state index contributed by atoms with van der Waals surface area (Å²) >= 11 is 3.30. The lowest BCUT2D eigenvalue weighted by molar-refractivity contribution is 0.188. The molecule has 0 saturated heterocycles. The highest BCUT2D eigenvalue weighted by Gasteiger charge is 2.16. The highest BCUT2D eigenvalue weighted by molar-refractivity contribution is 9.10. The molecule has 0 radical (unpaired) electrons. The van der Waals surface area contributed by atoms with Crippen LogP contribution in [-0.2, 0) is 0 Å². The third-order valence-electron chi connectivity index (χ3n) is 2.14. The van der Waals surface area contributed by atoms with Crippen molar-refractivity contribution in [2.75, 3.05) is 0 Å². The lowest BCUT2D eigenvalue weighted by Crippen LogP contribution is -1.99. The summed E-state index contributed by atoms with van der Waals surface area (Å²) in [4.78, 5) is 4.12. The summed E-state index contributed by atoms with van der Waals surface area (Å²) in [5.74, 6) is 0.501. The molecule has 0 saturated carbocycles. The Labute approximate surface area is 95.9 Å². The second kappa shape index (κ2) is 4.16.